The largest absolute Gasteiger partial charge is 0.256 e. The Kier molecular flexibility index (Phi) is 3.76. The Morgan fingerprint density at radius 2 is 1.28 bits per heavy atom. The van der Waals surface area contributed by atoms with Crippen LogP contribution in [-0.2, 0) is 6.37 Å². The number of pyridine rings is 1. The monoisotopic (exact) mass is 323 g/mol. The van der Waals surface area contributed by atoms with E-state index >= 15 is 0 Å². The molecule has 1 nitrogen and oxygen atoms in total. The van der Waals surface area contributed by atoms with E-state index in [2.05, 4.69) is 17.1 Å². The highest BCUT2D eigenvalue weighted by atomic mass is 14.7. The Morgan fingerprint density at radius 3 is 2.08 bits per heavy atom. The molecule has 4 rings (SSSR count). The van der Waals surface area contributed by atoms with Crippen molar-refractivity contribution in [2.45, 2.75) is 6.37 Å². The van der Waals surface area contributed by atoms with Crippen molar-refractivity contribution in [1.29, 1.82) is 0 Å². The van der Waals surface area contributed by atoms with E-state index in [1.54, 1.807) is 6.20 Å². The summed E-state index contributed by atoms with van der Waals surface area (Å²) in [5.74, 6) is 0. The summed E-state index contributed by atoms with van der Waals surface area (Å²) in [5, 5.41) is 0. The van der Waals surface area contributed by atoms with Gasteiger partial charge >= 0.3 is 0 Å². The molecule has 0 amide bonds. The Labute approximate surface area is 151 Å². The number of hydrogen-bond donors (Lipinski definition) is 0. The van der Waals surface area contributed by atoms with Gasteiger partial charge in [0.1, 0.15) is 0 Å². The van der Waals surface area contributed by atoms with Crippen LogP contribution in [0.15, 0.2) is 103 Å². The first-order chi connectivity index (χ1) is 13.1. The molecule has 1 heterocycles. The van der Waals surface area contributed by atoms with Crippen molar-refractivity contribution in [3.8, 4) is 22.4 Å². The molecule has 0 fully saturated rings. The first-order valence-electron chi connectivity index (χ1n) is 9.32. The minimum absolute atomic E-state index is 0.623. The first-order valence-corrected chi connectivity index (χ1v) is 8.32. The number of hydrogen-bond acceptors (Lipinski definition) is 1. The van der Waals surface area contributed by atoms with E-state index in [1.807, 2.05) is 84.9 Å². The van der Waals surface area contributed by atoms with Crippen LogP contribution in [0.3, 0.4) is 0 Å². The van der Waals surface area contributed by atoms with Gasteiger partial charge in [-0.05, 0) is 46.8 Å². The topological polar surface area (TPSA) is 12.9 Å². The fourth-order valence-corrected chi connectivity index (χ4v) is 2.84. The van der Waals surface area contributed by atoms with Crippen LogP contribution in [0.5, 0.6) is 0 Å². The molecule has 1 aromatic heterocycles. The van der Waals surface area contributed by atoms with Crippen molar-refractivity contribution < 1.29 is 2.74 Å². The maximum Gasteiger partial charge on any atom is 0.0708 e. The molecular formula is C24H19N. The Hall–Kier alpha value is -3.19. The lowest BCUT2D eigenvalue weighted by atomic mass is 10.00. The van der Waals surface area contributed by atoms with Crippen molar-refractivity contribution in [3.05, 3.63) is 114 Å². The molecule has 0 N–H and O–H groups in total. The van der Waals surface area contributed by atoms with E-state index in [4.69, 9.17) is 2.74 Å². The molecule has 0 atom stereocenters. The second-order valence-corrected chi connectivity index (χ2v) is 5.87. The normalized spacial score (nSPS) is 12.3. The summed E-state index contributed by atoms with van der Waals surface area (Å²) in [6, 6.07) is 31.1. The zero-order valence-corrected chi connectivity index (χ0v) is 13.8. The zero-order valence-electron chi connectivity index (χ0n) is 15.8. The SMILES string of the molecule is [2H]C([2H])(c1ccccc1)c1cccc(-c2cc(-c3ccccc3)ccn2)c1. The second kappa shape index (κ2) is 7.14. The summed E-state index contributed by atoms with van der Waals surface area (Å²) in [6.45, 7) is 0. The summed E-state index contributed by atoms with van der Waals surface area (Å²) in [6.07, 6.45) is 0.241. The van der Waals surface area contributed by atoms with E-state index in [1.165, 1.54) is 0 Å². The Morgan fingerprint density at radius 1 is 0.600 bits per heavy atom. The molecule has 3 aromatic carbocycles. The highest BCUT2D eigenvalue weighted by Crippen LogP contribution is 2.25. The highest BCUT2D eigenvalue weighted by molar-refractivity contribution is 5.70. The van der Waals surface area contributed by atoms with Crippen LogP contribution in [0.25, 0.3) is 22.4 Å². The molecule has 25 heavy (non-hydrogen) atoms. The average Bonchev–Trinajstić information content (AvgIpc) is 2.75. The van der Waals surface area contributed by atoms with Crippen LogP contribution >= 0.6 is 0 Å². The van der Waals surface area contributed by atoms with E-state index in [9.17, 15) is 0 Å². The van der Waals surface area contributed by atoms with Gasteiger partial charge in [-0.2, -0.15) is 0 Å². The third-order valence-electron chi connectivity index (χ3n) is 4.09. The number of nitrogens with zero attached hydrogens (tertiary/aromatic N) is 1. The first kappa shape index (κ1) is 13.1. The van der Waals surface area contributed by atoms with Crippen molar-refractivity contribution in [1.82, 2.24) is 4.98 Å². The van der Waals surface area contributed by atoms with Gasteiger partial charge in [-0.25, -0.2) is 0 Å². The molecular weight excluding hydrogens is 302 g/mol. The van der Waals surface area contributed by atoms with Gasteiger partial charge in [0.2, 0.25) is 0 Å². The van der Waals surface area contributed by atoms with Crippen LogP contribution in [-0.4, -0.2) is 4.98 Å². The maximum atomic E-state index is 8.59. The smallest absolute Gasteiger partial charge is 0.0708 e. The van der Waals surface area contributed by atoms with Gasteiger partial charge in [0, 0.05) is 14.5 Å². The molecule has 1 heteroatoms. The zero-order chi connectivity index (χ0) is 18.7. The molecule has 0 spiro atoms. The lowest BCUT2D eigenvalue weighted by Crippen LogP contribution is -1.90. The fourth-order valence-electron chi connectivity index (χ4n) is 2.84. The summed E-state index contributed by atoms with van der Waals surface area (Å²) >= 11 is 0. The average molecular weight is 323 g/mol. The minimum Gasteiger partial charge on any atom is -0.256 e. The molecule has 0 aliphatic carbocycles. The predicted octanol–water partition coefficient (Wildman–Crippen LogP) is 6.01. The van der Waals surface area contributed by atoms with Gasteiger partial charge in [0.15, 0.2) is 0 Å². The molecule has 4 aromatic rings. The van der Waals surface area contributed by atoms with Crippen LogP contribution < -0.4 is 0 Å². The summed E-state index contributed by atoms with van der Waals surface area (Å²) < 4.78 is 17.2. The third-order valence-corrected chi connectivity index (χ3v) is 4.09. The molecule has 0 aliphatic rings. The van der Waals surface area contributed by atoms with E-state index in [-0.39, 0.29) is 0 Å². The van der Waals surface area contributed by atoms with Gasteiger partial charge in [-0.3, -0.25) is 4.98 Å². The molecule has 0 aliphatic heterocycles. The molecule has 0 unspecified atom stereocenters. The van der Waals surface area contributed by atoms with Gasteiger partial charge < -0.3 is 0 Å². The van der Waals surface area contributed by atoms with Crippen molar-refractivity contribution in [2.24, 2.45) is 0 Å². The quantitative estimate of drug-likeness (QED) is 0.448. The number of aromatic nitrogens is 1. The second-order valence-electron chi connectivity index (χ2n) is 5.87. The molecule has 120 valence electrons. The van der Waals surface area contributed by atoms with Crippen molar-refractivity contribution >= 4 is 0 Å². The Bertz CT molecular complexity index is 1040. The lowest BCUT2D eigenvalue weighted by Gasteiger charge is -2.08. The predicted molar refractivity (Wildman–Crippen MR) is 104 cm³/mol. The Balaban J connectivity index is 1.74. The van der Waals surface area contributed by atoms with Gasteiger partial charge in [-0.15, -0.1) is 0 Å². The molecule has 0 saturated carbocycles. The van der Waals surface area contributed by atoms with Gasteiger partial charge in [0.25, 0.3) is 0 Å². The minimum atomic E-state index is -1.56. The summed E-state index contributed by atoms with van der Waals surface area (Å²) in [7, 11) is 0. The summed E-state index contributed by atoms with van der Waals surface area (Å²) in [5.41, 5.74) is 5.24. The lowest BCUT2D eigenvalue weighted by molar-refractivity contribution is 1.19. The van der Waals surface area contributed by atoms with Crippen LogP contribution in [0.1, 0.15) is 13.9 Å². The van der Waals surface area contributed by atoms with Crippen LogP contribution in [0.4, 0.5) is 0 Å². The van der Waals surface area contributed by atoms with Crippen molar-refractivity contribution in [2.75, 3.05) is 0 Å². The van der Waals surface area contributed by atoms with E-state index in [0.29, 0.717) is 11.1 Å². The van der Waals surface area contributed by atoms with Crippen molar-refractivity contribution in [3.63, 3.8) is 0 Å². The summed E-state index contributed by atoms with van der Waals surface area (Å²) in [4.78, 5) is 4.51. The molecule has 0 saturated heterocycles. The fraction of sp³-hybridized carbons (Fsp3) is 0.0417. The third kappa shape index (κ3) is 3.67. The van der Waals surface area contributed by atoms with Crippen LogP contribution in [0.2, 0.25) is 0 Å². The highest BCUT2D eigenvalue weighted by Gasteiger charge is 2.04. The maximum absolute atomic E-state index is 8.59. The molecule has 0 bridgehead atoms. The van der Waals surface area contributed by atoms with Crippen LogP contribution in [0, 0.1) is 0 Å². The number of benzene rings is 3. The molecule has 0 radical (unpaired) electrons. The standard InChI is InChI=1S/C24H19N/c1-3-8-19(9-4-1)16-20-10-7-13-23(17-20)24-18-22(14-15-25-24)21-11-5-2-6-12-21/h1-15,17-18H,16H2/i16D2. The number of rotatable bonds is 4. The van der Waals surface area contributed by atoms with Gasteiger partial charge in [0.05, 0.1) is 5.69 Å². The van der Waals surface area contributed by atoms with Gasteiger partial charge in [-0.1, -0.05) is 78.9 Å². The van der Waals surface area contributed by atoms with E-state index < -0.39 is 6.37 Å². The van der Waals surface area contributed by atoms with E-state index in [0.717, 1.165) is 22.4 Å².